The van der Waals surface area contributed by atoms with Gasteiger partial charge in [0.25, 0.3) is 0 Å². The van der Waals surface area contributed by atoms with Gasteiger partial charge in [0.15, 0.2) is 0 Å². The molecular weight excluding hydrogens is 455 g/mol. The average Bonchev–Trinajstić information content (AvgIpc) is 3.50. The number of aliphatic hydroxyl groups is 1. The number of thiophene rings is 1. The molecule has 2 heterocycles. The largest absolute Gasteiger partial charge is 0.491 e. The van der Waals surface area contributed by atoms with E-state index < -0.39 is 6.10 Å². The Morgan fingerprint density at radius 1 is 1.32 bits per heavy atom. The molecule has 1 aromatic heterocycles. The Hall–Kier alpha value is -2.44. The van der Waals surface area contributed by atoms with Crippen molar-refractivity contribution in [1.29, 1.82) is 0 Å². The molecule has 2 aliphatic rings. The smallest absolute Gasteiger partial charge is 0.237 e. The Morgan fingerprint density at radius 2 is 2.12 bits per heavy atom. The first-order valence-corrected chi connectivity index (χ1v) is 12.6. The lowest BCUT2D eigenvalue weighted by molar-refractivity contribution is -0.136. The molecule has 1 amide bonds. The number of terminal acetylenes is 1. The van der Waals surface area contributed by atoms with Gasteiger partial charge in [0.2, 0.25) is 5.91 Å². The van der Waals surface area contributed by atoms with Crippen molar-refractivity contribution in [3.8, 4) is 18.1 Å². The van der Waals surface area contributed by atoms with E-state index in [0.717, 1.165) is 31.4 Å². The van der Waals surface area contributed by atoms with E-state index in [0.29, 0.717) is 31.4 Å². The number of carbonyl (C=O) groups excluding carboxylic acids is 1. The predicted octanol–water partition coefficient (Wildman–Crippen LogP) is 3.11. The molecule has 6 nitrogen and oxygen atoms in total. The summed E-state index contributed by atoms with van der Waals surface area (Å²) in [5, 5.41) is 12.4. The van der Waals surface area contributed by atoms with Crippen molar-refractivity contribution in [3.05, 3.63) is 52.0 Å². The van der Waals surface area contributed by atoms with E-state index >= 15 is 0 Å². The molecule has 1 aliphatic heterocycles. The Labute approximate surface area is 204 Å². The maximum atomic E-state index is 13.5. The number of fused-ring (bicyclic) bond motifs is 1. The summed E-state index contributed by atoms with van der Waals surface area (Å²) in [4.78, 5) is 18.7. The summed E-state index contributed by atoms with van der Waals surface area (Å²) in [5.74, 6) is 3.24. The van der Waals surface area contributed by atoms with Gasteiger partial charge in [0.1, 0.15) is 24.8 Å². The first kappa shape index (κ1) is 24.7. The van der Waals surface area contributed by atoms with Gasteiger partial charge in [-0.2, -0.15) is 0 Å². The Bertz CT molecular complexity index is 985. The van der Waals surface area contributed by atoms with Gasteiger partial charge in [-0.05, 0) is 66.5 Å². The number of benzene rings is 1. The molecule has 0 bridgehead atoms. The van der Waals surface area contributed by atoms with Gasteiger partial charge >= 0.3 is 0 Å². The number of nitrogens with zero attached hydrogens (tertiary/aromatic N) is 2. The molecule has 0 unspecified atom stereocenters. The van der Waals surface area contributed by atoms with Gasteiger partial charge in [0, 0.05) is 24.5 Å². The monoisotopic (exact) mass is 486 g/mol. The highest BCUT2D eigenvalue weighted by molar-refractivity contribution is 7.10. The molecule has 34 heavy (non-hydrogen) atoms. The Kier molecular flexibility index (Phi) is 8.57. The third-order valence-corrected chi connectivity index (χ3v) is 7.17. The van der Waals surface area contributed by atoms with Gasteiger partial charge in [0.05, 0.1) is 25.3 Å². The molecule has 182 valence electrons. The van der Waals surface area contributed by atoms with Gasteiger partial charge in [-0.25, -0.2) is 4.39 Å². The fraction of sp³-hybridized carbons (Fsp3) is 0.500. The third kappa shape index (κ3) is 6.80. The van der Waals surface area contributed by atoms with Crippen LogP contribution < -0.4 is 4.74 Å². The molecule has 1 aromatic carbocycles. The molecule has 8 heteroatoms. The van der Waals surface area contributed by atoms with Gasteiger partial charge in [-0.1, -0.05) is 5.92 Å². The SMILES string of the molecule is C#CCOC[C@H](O)CN(CC(=O)N1CCc2sccc2[C@@H]1COc1ccc(F)cc1)CC1CC1. The van der Waals surface area contributed by atoms with Crippen LogP contribution in [0.3, 0.4) is 0 Å². The zero-order chi connectivity index (χ0) is 23.9. The number of aliphatic hydroxyl groups excluding tert-OH is 1. The fourth-order valence-electron chi connectivity index (χ4n) is 4.34. The number of hydrogen-bond acceptors (Lipinski definition) is 6. The highest BCUT2D eigenvalue weighted by atomic mass is 32.1. The van der Waals surface area contributed by atoms with E-state index in [4.69, 9.17) is 15.9 Å². The summed E-state index contributed by atoms with van der Waals surface area (Å²) < 4.78 is 24.5. The van der Waals surface area contributed by atoms with Crippen molar-refractivity contribution in [2.75, 3.05) is 46.0 Å². The number of ether oxygens (including phenoxy) is 2. The lowest BCUT2D eigenvalue weighted by Crippen LogP contribution is -2.48. The summed E-state index contributed by atoms with van der Waals surface area (Å²) in [7, 11) is 0. The topological polar surface area (TPSA) is 62.2 Å². The maximum absolute atomic E-state index is 13.5. The van der Waals surface area contributed by atoms with Crippen LogP contribution in [0.2, 0.25) is 0 Å². The van der Waals surface area contributed by atoms with Crippen LogP contribution in [0.1, 0.15) is 29.3 Å². The normalized spacial score (nSPS) is 18.4. The van der Waals surface area contributed by atoms with Crippen LogP contribution in [0.15, 0.2) is 35.7 Å². The summed E-state index contributed by atoms with van der Waals surface area (Å²) in [5.41, 5.74) is 1.11. The average molecular weight is 487 g/mol. The molecule has 1 fully saturated rings. The Morgan fingerprint density at radius 3 is 2.85 bits per heavy atom. The molecule has 0 radical (unpaired) electrons. The van der Waals surface area contributed by atoms with E-state index in [1.165, 1.54) is 17.0 Å². The van der Waals surface area contributed by atoms with E-state index in [1.807, 2.05) is 9.80 Å². The first-order valence-electron chi connectivity index (χ1n) is 11.7. The summed E-state index contributed by atoms with van der Waals surface area (Å²) in [6, 6.07) is 7.78. The van der Waals surface area contributed by atoms with Crippen LogP contribution in [-0.4, -0.2) is 72.9 Å². The summed E-state index contributed by atoms with van der Waals surface area (Å²) in [6.07, 6.45) is 7.63. The molecule has 2 aromatic rings. The van der Waals surface area contributed by atoms with Crippen LogP contribution in [0.5, 0.6) is 5.75 Å². The summed E-state index contributed by atoms with van der Waals surface area (Å²) in [6.45, 7) is 2.60. The summed E-state index contributed by atoms with van der Waals surface area (Å²) >= 11 is 1.70. The standard InChI is InChI=1S/C26H31FN2O4S/c1-2-12-32-17-21(30)15-28(14-19-3-4-19)16-26(31)29-11-9-25-23(10-13-34-25)24(29)18-33-22-7-5-20(27)6-8-22/h1,5-8,10,13,19,21,24,30H,3-4,9,11-12,14-18H2/t21-,24+/m1/s1. The van der Waals surface area contributed by atoms with Crippen molar-refractivity contribution in [2.24, 2.45) is 5.92 Å². The van der Waals surface area contributed by atoms with E-state index in [-0.39, 0.29) is 37.5 Å². The third-order valence-electron chi connectivity index (χ3n) is 6.17. The second-order valence-corrected chi connectivity index (χ2v) is 9.93. The molecule has 0 spiro atoms. The minimum atomic E-state index is -0.706. The minimum absolute atomic E-state index is 0.0157. The molecular formula is C26H31FN2O4S. The van der Waals surface area contributed by atoms with Crippen molar-refractivity contribution >= 4 is 17.2 Å². The Balaban J connectivity index is 1.42. The second-order valence-electron chi connectivity index (χ2n) is 8.93. The number of rotatable bonds is 12. The van der Waals surface area contributed by atoms with Crippen LogP contribution >= 0.6 is 11.3 Å². The number of hydrogen-bond donors (Lipinski definition) is 1. The van der Waals surface area contributed by atoms with Crippen molar-refractivity contribution < 1.29 is 23.8 Å². The molecule has 1 N–H and O–H groups in total. The predicted molar refractivity (Wildman–Crippen MR) is 129 cm³/mol. The molecule has 4 rings (SSSR count). The quantitative estimate of drug-likeness (QED) is 0.369. The van der Waals surface area contributed by atoms with Crippen LogP contribution in [0, 0.1) is 24.1 Å². The zero-order valence-corrected chi connectivity index (χ0v) is 20.0. The van der Waals surface area contributed by atoms with Crippen LogP contribution in [0.25, 0.3) is 0 Å². The van der Waals surface area contributed by atoms with E-state index in [2.05, 4.69) is 17.4 Å². The lowest BCUT2D eigenvalue weighted by atomic mass is 10.0. The number of carbonyl (C=O) groups is 1. The second kappa shape index (κ2) is 11.8. The van der Waals surface area contributed by atoms with Gasteiger partial charge in [-0.15, -0.1) is 17.8 Å². The first-order chi connectivity index (χ1) is 16.5. The molecule has 1 aliphatic carbocycles. The minimum Gasteiger partial charge on any atom is -0.491 e. The maximum Gasteiger partial charge on any atom is 0.237 e. The molecule has 0 saturated heterocycles. The number of halogens is 1. The number of amides is 1. The van der Waals surface area contributed by atoms with Crippen molar-refractivity contribution in [1.82, 2.24) is 9.80 Å². The zero-order valence-electron chi connectivity index (χ0n) is 19.2. The van der Waals surface area contributed by atoms with Crippen molar-refractivity contribution in [2.45, 2.75) is 31.4 Å². The van der Waals surface area contributed by atoms with Crippen LogP contribution in [0.4, 0.5) is 4.39 Å². The highest BCUT2D eigenvalue weighted by Crippen LogP contribution is 2.34. The molecule has 2 atom stereocenters. The fourth-order valence-corrected chi connectivity index (χ4v) is 5.26. The van der Waals surface area contributed by atoms with Crippen molar-refractivity contribution in [3.63, 3.8) is 0 Å². The lowest BCUT2D eigenvalue weighted by Gasteiger charge is -2.37. The van der Waals surface area contributed by atoms with Gasteiger partial charge in [-0.3, -0.25) is 9.69 Å². The van der Waals surface area contributed by atoms with E-state index in [1.54, 1.807) is 23.5 Å². The highest BCUT2D eigenvalue weighted by Gasteiger charge is 2.34. The van der Waals surface area contributed by atoms with Gasteiger partial charge < -0.3 is 19.5 Å². The van der Waals surface area contributed by atoms with E-state index in [9.17, 15) is 14.3 Å². The molecule has 1 saturated carbocycles. The van der Waals surface area contributed by atoms with Crippen LogP contribution in [-0.2, 0) is 16.0 Å².